The average molecular weight is 273 g/mol. The number of hydrogen-bond donors (Lipinski definition) is 1. The quantitative estimate of drug-likeness (QED) is 0.588. The largest absolute Gasteiger partial charge is 0.518 e. The van der Waals surface area contributed by atoms with E-state index in [-0.39, 0.29) is 5.92 Å². The fourth-order valence-electron chi connectivity index (χ4n) is 1.32. The molecule has 0 aliphatic rings. The minimum absolute atomic E-state index is 0.219. The van der Waals surface area contributed by atoms with Crippen molar-refractivity contribution in [3.05, 3.63) is 0 Å². The second-order valence-corrected chi connectivity index (χ2v) is 10.2. The van der Waals surface area contributed by atoms with Gasteiger partial charge >= 0.3 is 5.97 Å². The number of hydrogen-bond acceptors (Lipinski definition) is 4. The third-order valence-corrected chi connectivity index (χ3v) is 2.84. The van der Waals surface area contributed by atoms with Crippen molar-refractivity contribution in [1.29, 1.82) is 0 Å². The van der Waals surface area contributed by atoms with Crippen LogP contribution in [0.25, 0.3) is 0 Å². The molecule has 5 nitrogen and oxygen atoms in total. The van der Waals surface area contributed by atoms with E-state index in [9.17, 15) is 14.4 Å². The van der Waals surface area contributed by atoms with Gasteiger partial charge in [-0.3, -0.25) is 14.4 Å². The lowest BCUT2D eigenvalue weighted by Crippen LogP contribution is -2.47. The van der Waals surface area contributed by atoms with Crippen molar-refractivity contribution in [1.82, 2.24) is 5.32 Å². The first-order chi connectivity index (χ1) is 8.03. The summed E-state index contributed by atoms with van der Waals surface area (Å²) < 4.78 is 5.36. The van der Waals surface area contributed by atoms with Crippen molar-refractivity contribution in [2.45, 2.75) is 52.9 Å². The summed E-state index contributed by atoms with van der Waals surface area (Å²) in [6.07, 6.45) is 0.461. The number of carbonyl (C=O) groups is 3. The van der Waals surface area contributed by atoms with Crippen molar-refractivity contribution >= 4 is 26.0 Å². The summed E-state index contributed by atoms with van der Waals surface area (Å²) in [5, 5.41) is 2.43. The van der Waals surface area contributed by atoms with E-state index in [1.807, 2.05) is 33.5 Å². The Hall–Kier alpha value is -1.17. The van der Waals surface area contributed by atoms with Gasteiger partial charge < -0.3 is 9.74 Å². The molecule has 0 aromatic rings. The Kier molecular flexibility index (Phi) is 6.24. The topological polar surface area (TPSA) is 72.5 Å². The summed E-state index contributed by atoms with van der Waals surface area (Å²) in [6.45, 7) is 10.7. The van der Waals surface area contributed by atoms with Crippen LogP contribution in [0.1, 0.15) is 27.2 Å². The maximum absolute atomic E-state index is 11.9. The zero-order chi connectivity index (χ0) is 14.5. The zero-order valence-electron chi connectivity index (χ0n) is 12.0. The van der Waals surface area contributed by atoms with Crippen molar-refractivity contribution in [3.63, 3.8) is 0 Å². The van der Waals surface area contributed by atoms with E-state index in [0.29, 0.717) is 6.42 Å². The smallest absolute Gasteiger partial charge is 0.315 e. The Bertz CT molecular complexity index is 333. The number of nitrogens with one attached hydrogen (secondary N) is 1. The third-order valence-electron chi connectivity index (χ3n) is 2.02. The molecule has 0 bridgehead atoms. The SMILES string of the molecule is CC(=O)C(=O)N[C@@H](CC(C)C)C(=O)O[Si](C)(C)C. The highest BCUT2D eigenvalue weighted by Gasteiger charge is 2.29. The van der Waals surface area contributed by atoms with Gasteiger partial charge in [0.25, 0.3) is 5.91 Å². The highest BCUT2D eigenvalue weighted by molar-refractivity contribution is 6.71. The van der Waals surface area contributed by atoms with Crippen LogP contribution in [0.4, 0.5) is 0 Å². The van der Waals surface area contributed by atoms with Crippen LogP contribution in [-0.2, 0) is 18.8 Å². The van der Waals surface area contributed by atoms with Gasteiger partial charge in [-0.1, -0.05) is 13.8 Å². The van der Waals surface area contributed by atoms with E-state index in [1.165, 1.54) is 6.92 Å². The van der Waals surface area contributed by atoms with Gasteiger partial charge in [0.2, 0.25) is 14.1 Å². The molecule has 0 radical (unpaired) electrons. The normalized spacial score (nSPS) is 13.1. The molecule has 104 valence electrons. The number of amides is 1. The first-order valence-electron chi connectivity index (χ1n) is 6.07. The van der Waals surface area contributed by atoms with Crippen LogP contribution >= 0.6 is 0 Å². The molecule has 0 heterocycles. The van der Waals surface area contributed by atoms with Crippen LogP contribution in [0.5, 0.6) is 0 Å². The van der Waals surface area contributed by atoms with Crippen molar-refractivity contribution in [2.24, 2.45) is 5.92 Å². The summed E-state index contributed by atoms with van der Waals surface area (Å²) in [5.41, 5.74) is 0. The summed E-state index contributed by atoms with van der Waals surface area (Å²) >= 11 is 0. The molecule has 1 atom stereocenters. The molecule has 0 rings (SSSR count). The summed E-state index contributed by atoms with van der Waals surface area (Å²) in [4.78, 5) is 34.2. The van der Waals surface area contributed by atoms with Crippen LogP contribution in [-0.4, -0.2) is 32.0 Å². The molecule has 18 heavy (non-hydrogen) atoms. The van der Waals surface area contributed by atoms with Crippen molar-refractivity contribution < 1.29 is 18.8 Å². The lowest BCUT2D eigenvalue weighted by molar-refractivity contribution is -0.143. The summed E-state index contributed by atoms with van der Waals surface area (Å²) in [5.74, 6) is -1.58. The van der Waals surface area contributed by atoms with Crippen LogP contribution in [0.15, 0.2) is 0 Å². The van der Waals surface area contributed by atoms with Crippen LogP contribution in [0.2, 0.25) is 19.6 Å². The fourth-order valence-corrected chi connectivity index (χ4v) is 2.06. The maximum Gasteiger partial charge on any atom is 0.315 e. The minimum Gasteiger partial charge on any atom is -0.518 e. The molecule has 0 fully saturated rings. The van der Waals surface area contributed by atoms with E-state index in [1.54, 1.807) is 0 Å². The standard InChI is InChI=1S/C12H23NO4Si/c1-8(2)7-10(13-11(15)9(3)14)12(16)17-18(4,5)6/h8,10H,7H2,1-6H3,(H,13,15)/t10-/m0/s1. The molecule has 0 aliphatic carbocycles. The molecule has 6 heteroatoms. The maximum atomic E-state index is 11.9. The lowest BCUT2D eigenvalue weighted by atomic mass is 10.0. The number of carbonyl (C=O) groups excluding carboxylic acids is 3. The Morgan fingerprint density at radius 2 is 1.67 bits per heavy atom. The van der Waals surface area contributed by atoms with Gasteiger partial charge in [-0.2, -0.15) is 0 Å². The molecular weight excluding hydrogens is 250 g/mol. The highest BCUT2D eigenvalue weighted by atomic mass is 28.4. The van der Waals surface area contributed by atoms with Gasteiger partial charge in [0, 0.05) is 6.92 Å². The molecule has 0 aromatic carbocycles. The van der Waals surface area contributed by atoms with Gasteiger partial charge in [0.15, 0.2) is 0 Å². The molecule has 0 aliphatic heterocycles. The monoisotopic (exact) mass is 273 g/mol. The van der Waals surface area contributed by atoms with E-state index in [2.05, 4.69) is 5.32 Å². The number of ketones is 1. The van der Waals surface area contributed by atoms with E-state index in [0.717, 1.165) is 0 Å². The fraction of sp³-hybridized carbons (Fsp3) is 0.750. The summed E-state index contributed by atoms with van der Waals surface area (Å²) in [7, 11) is -2.00. The van der Waals surface area contributed by atoms with Crippen LogP contribution in [0.3, 0.4) is 0 Å². The predicted molar refractivity (Wildman–Crippen MR) is 71.5 cm³/mol. The van der Waals surface area contributed by atoms with Crippen molar-refractivity contribution in [2.75, 3.05) is 0 Å². The lowest BCUT2D eigenvalue weighted by Gasteiger charge is -2.24. The molecule has 0 saturated carbocycles. The second-order valence-electron chi connectivity index (χ2n) is 5.75. The highest BCUT2D eigenvalue weighted by Crippen LogP contribution is 2.10. The first-order valence-corrected chi connectivity index (χ1v) is 9.48. The van der Waals surface area contributed by atoms with E-state index in [4.69, 9.17) is 4.43 Å². The van der Waals surface area contributed by atoms with Gasteiger partial charge in [-0.05, 0) is 32.0 Å². The molecule has 0 unspecified atom stereocenters. The molecule has 0 spiro atoms. The van der Waals surface area contributed by atoms with Gasteiger partial charge in [-0.15, -0.1) is 0 Å². The van der Waals surface area contributed by atoms with Crippen LogP contribution < -0.4 is 5.32 Å². The molecule has 0 aromatic heterocycles. The van der Waals surface area contributed by atoms with Gasteiger partial charge in [0.05, 0.1) is 0 Å². The van der Waals surface area contributed by atoms with E-state index < -0.39 is 32.0 Å². The Labute approximate surface area is 109 Å². The zero-order valence-corrected chi connectivity index (χ0v) is 13.0. The van der Waals surface area contributed by atoms with Gasteiger partial charge in [0.1, 0.15) is 6.04 Å². The number of rotatable bonds is 6. The Balaban J connectivity index is 4.72. The number of Topliss-reactive ketones (excluding diaryl/α,β-unsaturated/α-hetero) is 1. The average Bonchev–Trinajstić information content (AvgIpc) is 2.12. The van der Waals surface area contributed by atoms with Gasteiger partial charge in [-0.25, -0.2) is 0 Å². The Morgan fingerprint density at radius 3 is 2.00 bits per heavy atom. The summed E-state index contributed by atoms with van der Waals surface area (Å²) in [6, 6.07) is -0.742. The second kappa shape index (κ2) is 6.68. The van der Waals surface area contributed by atoms with Crippen molar-refractivity contribution in [3.8, 4) is 0 Å². The molecule has 0 saturated heterocycles. The van der Waals surface area contributed by atoms with Crippen LogP contribution in [0, 0.1) is 5.92 Å². The predicted octanol–water partition coefficient (Wildman–Crippen LogP) is 1.48. The Morgan fingerprint density at radius 1 is 1.17 bits per heavy atom. The molecule has 1 amide bonds. The minimum atomic E-state index is -2.00. The first kappa shape index (κ1) is 16.8. The molecule has 1 N–H and O–H groups in total. The molecular formula is C12H23NO4Si. The van der Waals surface area contributed by atoms with E-state index >= 15 is 0 Å². The third kappa shape index (κ3) is 7.21.